The molecule has 1 aromatic carbocycles. The molecule has 110 valence electrons. The highest BCUT2D eigenvalue weighted by Gasteiger charge is 2.23. The Morgan fingerprint density at radius 1 is 1.09 bits per heavy atom. The highest BCUT2D eigenvalue weighted by Crippen LogP contribution is 2.29. The van der Waals surface area contributed by atoms with Gasteiger partial charge in [0.2, 0.25) is 11.7 Å². The summed E-state index contributed by atoms with van der Waals surface area (Å²) in [4.78, 5) is 8.66. The van der Waals surface area contributed by atoms with Gasteiger partial charge in [-0.3, -0.25) is 4.98 Å². The van der Waals surface area contributed by atoms with Crippen LogP contribution in [0, 0.1) is 0 Å². The first-order valence-corrected chi connectivity index (χ1v) is 7.33. The van der Waals surface area contributed by atoms with Gasteiger partial charge < -0.3 is 9.26 Å². The maximum atomic E-state index is 5.88. The highest BCUT2D eigenvalue weighted by atomic mass is 16.5. The lowest BCUT2D eigenvalue weighted by atomic mass is 9.96. The summed E-state index contributed by atoms with van der Waals surface area (Å²) in [6.45, 7) is 0.725. The standard InChI is InChI=1S/C17H15N3O2/c1-2-6-13-12(5-1)8-10-21-15(13)11-16-19-17(20-22-16)14-7-3-4-9-18-14/h1-7,9,15H,8,10-11H2. The SMILES string of the molecule is c1ccc(-c2noc(CC3OCCc4ccccc43)n2)nc1. The van der Waals surface area contributed by atoms with Gasteiger partial charge >= 0.3 is 0 Å². The lowest BCUT2D eigenvalue weighted by molar-refractivity contribution is 0.0375. The zero-order valence-electron chi connectivity index (χ0n) is 12.0. The van der Waals surface area contributed by atoms with Crippen molar-refractivity contribution in [2.24, 2.45) is 0 Å². The minimum atomic E-state index is -0.0259. The molecule has 3 heterocycles. The molecule has 1 aliphatic rings. The molecular formula is C17H15N3O2. The number of ether oxygens (including phenoxy) is 1. The topological polar surface area (TPSA) is 61.0 Å². The molecule has 1 aliphatic heterocycles. The van der Waals surface area contributed by atoms with Crippen LogP contribution in [0.5, 0.6) is 0 Å². The van der Waals surface area contributed by atoms with Crippen molar-refractivity contribution in [3.8, 4) is 11.5 Å². The maximum Gasteiger partial charge on any atom is 0.229 e. The second-order valence-electron chi connectivity index (χ2n) is 5.24. The van der Waals surface area contributed by atoms with Crippen molar-refractivity contribution >= 4 is 0 Å². The molecule has 0 saturated carbocycles. The molecule has 5 heteroatoms. The van der Waals surface area contributed by atoms with Gasteiger partial charge in [0.1, 0.15) is 5.69 Å². The Labute approximate surface area is 128 Å². The Balaban J connectivity index is 1.57. The third kappa shape index (κ3) is 2.51. The van der Waals surface area contributed by atoms with E-state index in [2.05, 4.69) is 33.3 Å². The minimum absolute atomic E-state index is 0.0259. The Hall–Kier alpha value is -2.53. The van der Waals surface area contributed by atoms with E-state index in [-0.39, 0.29) is 6.10 Å². The Bertz CT molecular complexity index is 770. The molecule has 0 radical (unpaired) electrons. The van der Waals surface area contributed by atoms with Crippen LogP contribution < -0.4 is 0 Å². The average molecular weight is 293 g/mol. The summed E-state index contributed by atoms with van der Waals surface area (Å²) in [6, 6.07) is 14.0. The number of aromatic nitrogens is 3. The van der Waals surface area contributed by atoms with E-state index in [0.717, 1.165) is 13.0 Å². The molecule has 0 aliphatic carbocycles. The molecule has 22 heavy (non-hydrogen) atoms. The van der Waals surface area contributed by atoms with Crippen LogP contribution in [0.2, 0.25) is 0 Å². The van der Waals surface area contributed by atoms with Crippen molar-refractivity contribution in [1.29, 1.82) is 0 Å². The van der Waals surface area contributed by atoms with Gasteiger partial charge in [0.25, 0.3) is 0 Å². The largest absolute Gasteiger partial charge is 0.373 e. The van der Waals surface area contributed by atoms with Crippen LogP contribution >= 0.6 is 0 Å². The summed E-state index contributed by atoms with van der Waals surface area (Å²) in [6.07, 6.45) is 3.22. The second kappa shape index (κ2) is 5.69. The van der Waals surface area contributed by atoms with E-state index in [1.165, 1.54) is 11.1 Å². The number of fused-ring (bicyclic) bond motifs is 1. The van der Waals surface area contributed by atoms with E-state index >= 15 is 0 Å². The summed E-state index contributed by atoms with van der Waals surface area (Å²) in [5.41, 5.74) is 3.26. The average Bonchev–Trinajstić information content (AvgIpc) is 3.05. The monoisotopic (exact) mass is 293 g/mol. The number of hydrogen-bond acceptors (Lipinski definition) is 5. The summed E-state index contributed by atoms with van der Waals surface area (Å²) in [5, 5.41) is 4.00. The summed E-state index contributed by atoms with van der Waals surface area (Å²) >= 11 is 0. The third-order valence-electron chi connectivity index (χ3n) is 3.81. The zero-order chi connectivity index (χ0) is 14.8. The first-order chi connectivity index (χ1) is 10.9. The molecular weight excluding hydrogens is 278 g/mol. The molecule has 1 atom stereocenters. The molecule has 0 N–H and O–H groups in total. The zero-order valence-corrected chi connectivity index (χ0v) is 12.0. The van der Waals surface area contributed by atoms with Gasteiger partial charge in [-0.2, -0.15) is 4.98 Å². The normalized spacial score (nSPS) is 17.2. The molecule has 2 aromatic heterocycles. The highest BCUT2D eigenvalue weighted by molar-refractivity contribution is 5.47. The number of hydrogen-bond donors (Lipinski definition) is 0. The number of nitrogens with zero attached hydrogens (tertiary/aromatic N) is 3. The van der Waals surface area contributed by atoms with Gasteiger partial charge in [0.15, 0.2) is 0 Å². The summed E-state index contributed by atoms with van der Waals surface area (Å²) in [7, 11) is 0. The fourth-order valence-electron chi connectivity index (χ4n) is 2.74. The van der Waals surface area contributed by atoms with Crippen molar-refractivity contribution in [2.45, 2.75) is 18.9 Å². The predicted molar refractivity (Wildman–Crippen MR) is 80.1 cm³/mol. The molecule has 1 unspecified atom stereocenters. The quantitative estimate of drug-likeness (QED) is 0.743. The van der Waals surface area contributed by atoms with Gasteiger partial charge in [-0.1, -0.05) is 35.5 Å². The van der Waals surface area contributed by atoms with Crippen LogP contribution in [0.4, 0.5) is 0 Å². The first-order valence-electron chi connectivity index (χ1n) is 7.33. The molecule has 5 nitrogen and oxygen atoms in total. The van der Waals surface area contributed by atoms with Gasteiger partial charge in [-0.15, -0.1) is 0 Å². The lowest BCUT2D eigenvalue weighted by Crippen LogP contribution is -2.18. The molecule has 0 fully saturated rings. The van der Waals surface area contributed by atoms with Crippen molar-refractivity contribution in [3.63, 3.8) is 0 Å². The molecule has 0 bridgehead atoms. The van der Waals surface area contributed by atoms with Crippen LogP contribution in [-0.4, -0.2) is 21.7 Å². The molecule has 4 rings (SSSR count). The smallest absolute Gasteiger partial charge is 0.229 e. The minimum Gasteiger partial charge on any atom is -0.373 e. The van der Waals surface area contributed by atoms with Gasteiger partial charge in [0.05, 0.1) is 19.1 Å². The molecule has 0 amide bonds. The van der Waals surface area contributed by atoms with E-state index in [1.807, 2.05) is 24.3 Å². The van der Waals surface area contributed by atoms with Gasteiger partial charge in [-0.05, 0) is 29.7 Å². The molecule has 0 saturated heterocycles. The number of benzene rings is 1. The van der Waals surface area contributed by atoms with E-state index in [9.17, 15) is 0 Å². The summed E-state index contributed by atoms with van der Waals surface area (Å²) in [5.74, 6) is 1.09. The van der Waals surface area contributed by atoms with Crippen molar-refractivity contribution in [3.05, 3.63) is 65.7 Å². The predicted octanol–water partition coefficient (Wildman–Crippen LogP) is 2.99. The fourth-order valence-corrected chi connectivity index (χ4v) is 2.74. The van der Waals surface area contributed by atoms with Crippen molar-refractivity contribution in [2.75, 3.05) is 6.61 Å². The number of rotatable bonds is 3. The molecule has 3 aromatic rings. The fraction of sp³-hybridized carbons (Fsp3) is 0.235. The van der Waals surface area contributed by atoms with Crippen LogP contribution in [0.15, 0.2) is 53.2 Å². The Kier molecular flexibility index (Phi) is 3.40. The lowest BCUT2D eigenvalue weighted by Gasteiger charge is -2.24. The van der Waals surface area contributed by atoms with Crippen molar-refractivity contribution < 1.29 is 9.26 Å². The van der Waals surface area contributed by atoms with Gasteiger partial charge in [-0.25, -0.2) is 0 Å². The number of pyridine rings is 1. The Morgan fingerprint density at radius 2 is 2.00 bits per heavy atom. The van der Waals surface area contributed by atoms with Crippen molar-refractivity contribution in [1.82, 2.24) is 15.1 Å². The van der Waals surface area contributed by atoms with Crippen LogP contribution in [0.25, 0.3) is 11.5 Å². The third-order valence-corrected chi connectivity index (χ3v) is 3.81. The van der Waals surface area contributed by atoms with E-state index in [4.69, 9.17) is 9.26 Å². The Morgan fingerprint density at radius 3 is 2.91 bits per heavy atom. The van der Waals surface area contributed by atoms with E-state index in [0.29, 0.717) is 23.8 Å². The second-order valence-corrected chi connectivity index (χ2v) is 5.24. The maximum absolute atomic E-state index is 5.88. The van der Waals surface area contributed by atoms with Gasteiger partial charge in [0, 0.05) is 6.20 Å². The van der Waals surface area contributed by atoms with E-state index in [1.54, 1.807) is 6.20 Å². The van der Waals surface area contributed by atoms with E-state index < -0.39 is 0 Å². The van der Waals surface area contributed by atoms with Crippen LogP contribution in [0.3, 0.4) is 0 Å². The van der Waals surface area contributed by atoms with Crippen LogP contribution in [-0.2, 0) is 17.6 Å². The summed E-state index contributed by atoms with van der Waals surface area (Å²) < 4.78 is 11.2. The van der Waals surface area contributed by atoms with Crippen LogP contribution in [0.1, 0.15) is 23.1 Å². The molecule has 0 spiro atoms. The first kappa shape index (κ1) is 13.2.